The summed E-state index contributed by atoms with van der Waals surface area (Å²) < 4.78 is 16.0. The number of nitrogens with two attached hydrogens (primary N) is 1. The Kier molecular flexibility index (Phi) is 4.19. The van der Waals surface area contributed by atoms with Crippen LogP contribution in [0.2, 0.25) is 5.02 Å². The predicted molar refractivity (Wildman–Crippen MR) is 89.9 cm³/mol. The van der Waals surface area contributed by atoms with Gasteiger partial charge in [0.1, 0.15) is 5.82 Å². The number of nitrogens with zero attached hydrogens (tertiary/aromatic N) is 1. The minimum absolute atomic E-state index is 0.191. The highest BCUT2D eigenvalue weighted by Crippen LogP contribution is 2.34. The molecule has 0 unspecified atom stereocenters. The van der Waals surface area contributed by atoms with E-state index < -0.39 is 0 Å². The quantitative estimate of drug-likeness (QED) is 0.764. The van der Waals surface area contributed by atoms with Gasteiger partial charge in [-0.1, -0.05) is 41.9 Å². The summed E-state index contributed by atoms with van der Waals surface area (Å²) >= 11 is 6.23. The van der Waals surface area contributed by atoms with Gasteiger partial charge < -0.3 is 10.3 Å². The number of aromatic nitrogens is 1. The topological polar surface area (TPSA) is 30.9 Å². The van der Waals surface area contributed by atoms with Crippen LogP contribution in [-0.4, -0.2) is 11.1 Å². The van der Waals surface area contributed by atoms with Crippen LogP contribution in [-0.2, 0) is 13.0 Å². The molecule has 3 rings (SSSR count). The number of fused-ring (bicyclic) bond motifs is 1. The van der Waals surface area contributed by atoms with E-state index in [0.29, 0.717) is 13.0 Å². The Balaban J connectivity index is 2.22. The first-order chi connectivity index (χ1) is 10.6. The fourth-order valence-corrected chi connectivity index (χ4v) is 3.27. The molecule has 0 atom stereocenters. The number of benzene rings is 2. The zero-order chi connectivity index (χ0) is 15.7. The lowest BCUT2D eigenvalue weighted by Gasteiger charge is -2.09. The van der Waals surface area contributed by atoms with Crippen molar-refractivity contribution in [3.8, 4) is 0 Å². The monoisotopic (exact) mass is 316 g/mol. The van der Waals surface area contributed by atoms with E-state index in [1.165, 1.54) is 11.6 Å². The Bertz CT molecular complexity index is 809. The summed E-state index contributed by atoms with van der Waals surface area (Å²) in [5, 5.41) is 0.983. The molecule has 0 saturated carbocycles. The molecule has 0 amide bonds. The van der Waals surface area contributed by atoms with Gasteiger partial charge in [-0.25, -0.2) is 4.39 Å². The molecule has 4 heteroatoms. The van der Waals surface area contributed by atoms with Crippen LogP contribution in [0.3, 0.4) is 0 Å². The zero-order valence-electron chi connectivity index (χ0n) is 12.4. The second-order valence-corrected chi connectivity index (χ2v) is 5.81. The molecule has 2 nitrogen and oxygen atoms in total. The molecular formula is C18H18ClFN2. The summed E-state index contributed by atoms with van der Waals surface area (Å²) in [6.07, 6.45) is 0.688. The highest BCUT2D eigenvalue weighted by Gasteiger charge is 2.18. The molecule has 0 fully saturated rings. The number of hydrogen-bond donors (Lipinski definition) is 1. The van der Waals surface area contributed by atoms with E-state index >= 15 is 0 Å². The van der Waals surface area contributed by atoms with Crippen molar-refractivity contribution in [1.82, 2.24) is 4.57 Å². The van der Waals surface area contributed by atoms with Crippen LogP contribution in [0.4, 0.5) is 4.39 Å². The van der Waals surface area contributed by atoms with Gasteiger partial charge >= 0.3 is 0 Å². The van der Waals surface area contributed by atoms with Crippen molar-refractivity contribution in [1.29, 1.82) is 0 Å². The molecular weight excluding hydrogens is 299 g/mol. The molecule has 1 aromatic heterocycles. The average Bonchev–Trinajstić information content (AvgIpc) is 2.78. The van der Waals surface area contributed by atoms with E-state index in [9.17, 15) is 4.39 Å². The minimum Gasteiger partial charge on any atom is -0.340 e. The van der Waals surface area contributed by atoms with E-state index in [1.807, 2.05) is 25.1 Å². The van der Waals surface area contributed by atoms with Crippen LogP contribution >= 0.6 is 11.6 Å². The van der Waals surface area contributed by atoms with Gasteiger partial charge in [-0.15, -0.1) is 0 Å². The van der Waals surface area contributed by atoms with Gasteiger partial charge in [0.15, 0.2) is 0 Å². The van der Waals surface area contributed by atoms with Crippen LogP contribution in [0.15, 0.2) is 42.5 Å². The van der Waals surface area contributed by atoms with E-state index in [4.69, 9.17) is 17.3 Å². The number of halogens is 2. The molecule has 2 N–H and O–H groups in total. The van der Waals surface area contributed by atoms with E-state index in [0.717, 1.165) is 28.7 Å². The van der Waals surface area contributed by atoms with Crippen LogP contribution in [0.25, 0.3) is 10.9 Å². The molecule has 3 aromatic rings. The average molecular weight is 317 g/mol. The maximum Gasteiger partial charge on any atom is 0.142 e. The second-order valence-electron chi connectivity index (χ2n) is 5.43. The van der Waals surface area contributed by atoms with Gasteiger partial charge in [0.25, 0.3) is 0 Å². The summed E-state index contributed by atoms with van der Waals surface area (Å²) in [7, 11) is 0. The first-order valence-electron chi connectivity index (χ1n) is 7.33. The molecule has 0 aliphatic rings. The third-order valence-electron chi connectivity index (χ3n) is 4.08. The normalized spacial score (nSPS) is 11.3. The highest BCUT2D eigenvalue weighted by atomic mass is 35.5. The SMILES string of the molecule is Cc1c(CCN)c2c(Cl)c(F)ccc2n1Cc1ccccc1. The minimum atomic E-state index is -0.385. The molecule has 114 valence electrons. The Morgan fingerprint density at radius 1 is 1.14 bits per heavy atom. The molecule has 22 heavy (non-hydrogen) atoms. The third-order valence-corrected chi connectivity index (χ3v) is 4.45. The van der Waals surface area contributed by atoms with Gasteiger partial charge in [-0.3, -0.25) is 0 Å². The predicted octanol–water partition coefficient (Wildman–Crippen LogP) is 4.29. The maximum atomic E-state index is 13.9. The van der Waals surface area contributed by atoms with Crippen molar-refractivity contribution in [3.05, 3.63) is 70.1 Å². The standard InChI is InChI=1S/C18H18ClFN2/c1-12-14(9-10-21)17-16(8-7-15(20)18(17)19)22(12)11-13-5-3-2-4-6-13/h2-8H,9-11,21H2,1H3. The molecule has 1 heterocycles. The van der Waals surface area contributed by atoms with E-state index in [1.54, 1.807) is 6.07 Å². The van der Waals surface area contributed by atoms with Gasteiger partial charge in [0.05, 0.1) is 10.5 Å². The zero-order valence-corrected chi connectivity index (χ0v) is 13.2. The van der Waals surface area contributed by atoms with Crippen molar-refractivity contribution in [3.63, 3.8) is 0 Å². The Morgan fingerprint density at radius 3 is 2.55 bits per heavy atom. The van der Waals surface area contributed by atoms with Gasteiger partial charge in [0.2, 0.25) is 0 Å². The summed E-state index contributed by atoms with van der Waals surface area (Å²) in [4.78, 5) is 0. The summed E-state index contributed by atoms with van der Waals surface area (Å²) in [5.41, 5.74) is 10.0. The fourth-order valence-electron chi connectivity index (χ4n) is 3.00. The first kappa shape index (κ1) is 15.1. The molecule has 0 bridgehead atoms. The summed E-state index contributed by atoms with van der Waals surface area (Å²) in [6.45, 7) is 3.29. The molecule has 0 radical (unpaired) electrons. The van der Waals surface area contributed by atoms with E-state index in [2.05, 4.69) is 16.7 Å². The molecule has 0 aliphatic heterocycles. The van der Waals surface area contributed by atoms with Crippen molar-refractivity contribution < 1.29 is 4.39 Å². The van der Waals surface area contributed by atoms with Gasteiger partial charge in [-0.2, -0.15) is 0 Å². The highest BCUT2D eigenvalue weighted by molar-refractivity contribution is 6.36. The Hall–Kier alpha value is -1.84. The number of rotatable bonds is 4. The number of hydrogen-bond acceptors (Lipinski definition) is 1. The summed E-state index contributed by atoms with van der Waals surface area (Å²) in [6, 6.07) is 13.4. The van der Waals surface area contributed by atoms with Crippen molar-refractivity contribution in [2.45, 2.75) is 19.9 Å². The lowest BCUT2D eigenvalue weighted by molar-refractivity contribution is 0.630. The molecule has 0 spiro atoms. The van der Waals surface area contributed by atoms with Gasteiger partial charge in [0, 0.05) is 17.6 Å². The van der Waals surface area contributed by atoms with Gasteiger partial charge in [-0.05, 0) is 43.1 Å². The van der Waals surface area contributed by atoms with Crippen molar-refractivity contribution in [2.24, 2.45) is 5.73 Å². The van der Waals surface area contributed by atoms with Crippen LogP contribution in [0.1, 0.15) is 16.8 Å². The lowest BCUT2D eigenvalue weighted by Crippen LogP contribution is -2.06. The molecule has 0 saturated heterocycles. The fraction of sp³-hybridized carbons (Fsp3) is 0.222. The molecule has 2 aromatic carbocycles. The third kappa shape index (κ3) is 2.51. The second kappa shape index (κ2) is 6.11. The van der Waals surface area contributed by atoms with Crippen molar-refractivity contribution >= 4 is 22.5 Å². The van der Waals surface area contributed by atoms with Crippen LogP contribution in [0.5, 0.6) is 0 Å². The van der Waals surface area contributed by atoms with Crippen LogP contribution < -0.4 is 5.73 Å². The van der Waals surface area contributed by atoms with Crippen LogP contribution in [0, 0.1) is 12.7 Å². The Morgan fingerprint density at radius 2 is 1.86 bits per heavy atom. The Labute approximate surface area is 134 Å². The first-order valence-corrected chi connectivity index (χ1v) is 7.71. The molecule has 0 aliphatic carbocycles. The van der Waals surface area contributed by atoms with E-state index in [-0.39, 0.29) is 10.8 Å². The largest absolute Gasteiger partial charge is 0.340 e. The smallest absolute Gasteiger partial charge is 0.142 e. The lowest BCUT2D eigenvalue weighted by atomic mass is 10.1. The maximum absolute atomic E-state index is 13.9. The van der Waals surface area contributed by atoms with Crippen molar-refractivity contribution in [2.75, 3.05) is 6.54 Å². The summed E-state index contributed by atoms with van der Waals surface area (Å²) in [5.74, 6) is -0.385.